The fourth-order valence-corrected chi connectivity index (χ4v) is 0.805. The van der Waals surface area contributed by atoms with E-state index in [0.717, 1.165) is 6.42 Å². The third-order valence-corrected chi connectivity index (χ3v) is 1.67. The van der Waals surface area contributed by atoms with Gasteiger partial charge in [0.05, 0.1) is 12.0 Å². The first-order valence-electron chi connectivity index (χ1n) is 3.41. The van der Waals surface area contributed by atoms with Crippen molar-refractivity contribution in [3.8, 4) is 0 Å². The van der Waals surface area contributed by atoms with Gasteiger partial charge in [-0.3, -0.25) is 4.79 Å². The third kappa shape index (κ3) is 1.99. The van der Waals surface area contributed by atoms with Crippen molar-refractivity contribution in [3.05, 3.63) is 0 Å². The van der Waals surface area contributed by atoms with Crippen molar-refractivity contribution < 1.29 is 15.0 Å². The lowest BCUT2D eigenvalue weighted by molar-refractivity contribution is -0.150. The van der Waals surface area contributed by atoms with Crippen molar-refractivity contribution in [2.24, 2.45) is 5.41 Å². The van der Waals surface area contributed by atoms with Gasteiger partial charge in [-0.25, -0.2) is 0 Å². The Morgan fingerprint density at radius 2 is 2.10 bits per heavy atom. The molecule has 60 valence electrons. The van der Waals surface area contributed by atoms with Gasteiger partial charge in [0.25, 0.3) is 0 Å². The third-order valence-electron chi connectivity index (χ3n) is 1.67. The second-order valence-electron chi connectivity index (χ2n) is 2.77. The van der Waals surface area contributed by atoms with Gasteiger partial charge in [0.2, 0.25) is 0 Å². The van der Waals surface area contributed by atoms with Gasteiger partial charge < -0.3 is 10.2 Å². The molecule has 0 amide bonds. The molecule has 0 saturated heterocycles. The molecule has 0 aromatic rings. The Balaban J connectivity index is 4.08. The van der Waals surface area contributed by atoms with Crippen molar-refractivity contribution in [1.82, 2.24) is 0 Å². The van der Waals surface area contributed by atoms with Crippen LogP contribution in [0.4, 0.5) is 0 Å². The van der Waals surface area contributed by atoms with Crippen molar-refractivity contribution in [3.63, 3.8) is 0 Å². The number of hydrogen-bond acceptors (Lipinski definition) is 2. The molecule has 0 aliphatic rings. The number of hydrogen-bond donors (Lipinski definition) is 2. The van der Waals surface area contributed by atoms with E-state index in [9.17, 15) is 4.79 Å². The van der Waals surface area contributed by atoms with E-state index < -0.39 is 11.4 Å². The molecule has 0 radical (unpaired) electrons. The summed E-state index contributed by atoms with van der Waals surface area (Å²) in [6.45, 7) is 3.17. The minimum absolute atomic E-state index is 0.282. The Kier molecular flexibility index (Phi) is 3.36. The smallest absolute Gasteiger partial charge is 0.311 e. The van der Waals surface area contributed by atoms with Crippen LogP contribution in [-0.4, -0.2) is 22.8 Å². The maximum atomic E-state index is 10.5. The van der Waals surface area contributed by atoms with Crippen LogP contribution in [0.3, 0.4) is 0 Å². The number of carboxylic acids is 1. The summed E-state index contributed by atoms with van der Waals surface area (Å²) in [6.07, 6.45) is 1.31. The zero-order valence-corrected chi connectivity index (χ0v) is 6.42. The summed E-state index contributed by atoms with van der Waals surface area (Å²) >= 11 is 0. The van der Waals surface area contributed by atoms with E-state index >= 15 is 0 Å². The molecule has 0 saturated carbocycles. The van der Waals surface area contributed by atoms with E-state index in [1.807, 2.05) is 6.92 Å². The van der Waals surface area contributed by atoms with Crippen molar-refractivity contribution in [1.29, 1.82) is 0 Å². The predicted octanol–water partition coefficient (Wildman–Crippen LogP) is 0.870. The standard InChI is InChI=1S/C7H14O3/c1-3-4-7(2,5-8)6(9)10/h8H,3-5H2,1-2H3,(H,9,10). The SMILES string of the molecule is CCCC(C)(CO)C(=O)O. The van der Waals surface area contributed by atoms with E-state index in [0.29, 0.717) is 6.42 Å². The number of carbonyl (C=O) groups is 1. The summed E-state index contributed by atoms with van der Waals surface area (Å²) in [6, 6.07) is 0. The van der Waals surface area contributed by atoms with Crippen LogP contribution in [0.15, 0.2) is 0 Å². The highest BCUT2D eigenvalue weighted by molar-refractivity contribution is 5.74. The zero-order valence-electron chi connectivity index (χ0n) is 6.42. The van der Waals surface area contributed by atoms with Gasteiger partial charge in [-0.2, -0.15) is 0 Å². The second-order valence-corrected chi connectivity index (χ2v) is 2.77. The van der Waals surface area contributed by atoms with Gasteiger partial charge in [-0.1, -0.05) is 13.3 Å². The molecule has 1 unspecified atom stereocenters. The largest absolute Gasteiger partial charge is 0.481 e. The fourth-order valence-electron chi connectivity index (χ4n) is 0.805. The molecule has 0 bridgehead atoms. The van der Waals surface area contributed by atoms with Gasteiger partial charge >= 0.3 is 5.97 Å². The summed E-state index contributed by atoms with van der Waals surface area (Å²) in [7, 11) is 0. The molecular formula is C7H14O3. The van der Waals surface area contributed by atoms with E-state index in [1.165, 1.54) is 0 Å². The molecular weight excluding hydrogens is 132 g/mol. The summed E-state index contributed by atoms with van der Waals surface area (Å²) in [5.41, 5.74) is -0.936. The molecule has 0 heterocycles. The Hall–Kier alpha value is -0.570. The van der Waals surface area contributed by atoms with Gasteiger partial charge in [0.1, 0.15) is 0 Å². The van der Waals surface area contributed by atoms with Crippen molar-refractivity contribution in [2.75, 3.05) is 6.61 Å². The first kappa shape index (κ1) is 9.43. The van der Waals surface area contributed by atoms with Crippen LogP contribution in [-0.2, 0) is 4.79 Å². The van der Waals surface area contributed by atoms with Crippen LogP contribution >= 0.6 is 0 Å². The number of rotatable bonds is 4. The lowest BCUT2D eigenvalue weighted by Crippen LogP contribution is -2.31. The Morgan fingerprint density at radius 1 is 1.60 bits per heavy atom. The summed E-state index contributed by atoms with van der Waals surface area (Å²) in [5.74, 6) is -0.920. The molecule has 0 spiro atoms. The molecule has 3 nitrogen and oxygen atoms in total. The highest BCUT2D eigenvalue weighted by Gasteiger charge is 2.30. The van der Waals surface area contributed by atoms with E-state index in [2.05, 4.69) is 0 Å². The van der Waals surface area contributed by atoms with Crippen LogP contribution < -0.4 is 0 Å². The van der Waals surface area contributed by atoms with Crippen molar-refractivity contribution in [2.45, 2.75) is 26.7 Å². The molecule has 0 aromatic heterocycles. The second kappa shape index (κ2) is 3.56. The topological polar surface area (TPSA) is 57.5 Å². The molecule has 0 rings (SSSR count). The average Bonchev–Trinajstić information content (AvgIpc) is 1.88. The predicted molar refractivity (Wildman–Crippen MR) is 37.7 cm³/mol. The highest BCUT2D eigenvalue weighted by atomic mass is 16.4. The molecule has 10 heavy (non-hydrogen) atoms. The van der Waals surface area contributed by atoms with Crippen LogP contribution in [0.1, 0.15) is 26.7 Å². The molecule has 0 aliphatic carbocycles. The number of carboxylic acid groups (broad SMARTS) is 1. The highest BCUT2D eigenvalue weighted by Crippen LogP contribution is 2.21. The quantitative estimate of drug-likeness (QED) is 0.618. The van der Waals surface area contributed by atoms with Gasteiger partial charge in [0, 0.05) is 0 Å². The van der Waals surface area contributed by atoms with Gasteiger partial charge in [-0.15, -0.1) is 0 Å². The van der Waals surface area contributed by atoms with Crippen molar-refractivity contribution >= 4 is 5.97 Å². The molecule has 2 N–H and O–H groups in total. The summed E-state index contributed by atoms with van der Waals surface area (Å²) < 4.78 is 0. The molecule has 0 aromatic carbocycles. The van der Waals surface area contributed by atoms with E-state index in [-0.39, 0.29) is 6.61 Å². The normalized spacial score (nSPS) is 16.3. The van der Waals surface area contributed by atoms with E-state index in [4.69, 9.17) is 10.2 Å². The number of aliphatic carboxylic acids is 1. The molecule has 3 heteroatoms. The maximum Gasteiger partial charge on any atom is 0.311 e. The van der Waals surface area contributed by atoms with Crippen LogP contribution in [0.25, 0.3) is 0 Å². The van der Waals surface area contributed by atoms with Crippen LogP contribution in [0.2, 0.25) is 0 Å². The van der Waals surface area contributed by atoms with E-state index in [1.54, 1.807) is 6.92 Å². The number of aliphatic hydroxyl groups excluding tert-OH is 1. The Morgan fingerprint density at radius 3 is 2.20 bits per heavy atom. The minimum Gasteiger partial charge on any atom is -0.481 e. The average molecular weight is 146 g/mol. The summed E-state index contributed by atoms with van der Waals surface area (Å²) in [5, 5.41) is 17.3. The fraction of sp³-hybridized carbons (Fsp3) is 0.857. The molecule has 1 atom stereocenters. The lowest BCUT2D eigenvalue weighted by Gasteiger charge is -2.20. The first-order chi connectivity index (χ1) is 4.56. The van der Waals surface area contributed by atoms with Crippen LogP contribution in [0.5, 0.6) is 0 Å². The first-order valence-corrected chi connectivity index (χ1v) is 3.41. The number of aliphatic hydroxyl groups is 1. The monoisotopic (exact) mass is 146 g/mol. The minimum atomic E-state index is -0.936. The van der Waals surface area contributed by atoms with Crippen LogP contribution in [0, 0.1) is 5.41 Å². The Bertz CT molecular complexity index is 122. The zero-order chi connectivity index (χ0) is 8.20. The van der Waals surface area contributed by atoms with Gasteiger partial charge in [-0.05, 0) is 13.3 Å². The molecule has 0 aliphatic heterocycles. The maximum absolute atomic E-state index is 10.5. The summed E-state index contributed by atoms with van der Waals surface area (Å²) in [4.78, 5) is 10.5. The lowest BCUT2D eigenvalue weighted by atomic mass is 9.87. The van der Waals surface area contributed by atoms with Gasteiger partial charge in [0.15, 0.2) is 0 Å². The Labute approximate surface area is 60.7 Å². The molecule has 0 fully saturated rings.